The first-order valence-corrected chi connectivity index (χ1v) is 9.83. The molecule has 1 N–H and O–H groups in total. The second-order valence-electron chi connectivity index (χ2n) is 7.75. The van der Waals surface area contributed by atoms with Crippen LogP contribution in [0.3, 0.4) is 0 Å². The van der Waals surface area contributed by atoms with Crippen LogP contribution in [-0.2, 0) is 4.74 Å². The SMILES string of the molecule is CCOC(=O)N1CCC(N2CCC(N3CC(F)(F)C[C@@H]3CO)CC2)CC1. The maximum atomic E-state index is 13.7. The van der Waals surface area contributed by atoms with Crippen LogP contribution in [0.5, 0.6) is 0 Å². The second-order valence-corrected chi connectivity index (χ2v) is 7.75. The number of amides is 1. The lowest BCUT2D eigenvalue weighted by Crippen LogP contribution is -2.53. The Morgan fingerprint density at radius 3 is 2.31 bits per heavy atom. The molecular weight excluding hydrogens is 344 g/mol. The lowest BCUT2D eigenvalue weighted by atomic mass is 9.97. The van der Waals surface area contributed by atoms with Crippen molar-refractivity contribution in [2.24, 2.45) is 0 Å². The first kappa shape index (κ1) is 19.8. The van der Waals surface area contributed by atoms with Gasteiger partial charge in [0.1, 0.15) is 0 Å². The van der Waals surface area contributed by atoms with Gasteiger partial charge in [-0.15, -0.1) is 0 Å². The molecule has 1 amide bonds. The van der Waals surface area contributed by atoms with Crippen molar-refractivity contribution in [3.05, 3.63) is 0 Å². The smallest absolute Gasteiger partial charge is 0.409 e. The van der Waals surface area contributed by atoms with Crippen LogP contribution in [0, 0.1) is 0 Å². The predicted molar refractivity (Wildman–Crippen MR) is 93.4 cm³/mol. The molecule has 3 saturated heterocycles. The molecule has 3 heterocycles. The van der Waals surface area contributed by atoms with Crippen molar-refractivity contribution in [3.63, 3.8) is 0 Å². The van der Waals surface area contributed by atoms with E-state index in [-0.39, 0.29) is 31.7 Å². The minimum absolute atomic E-state index is 0.136. The third kappa shape index (κ3) is 4.46. The van der Waals surface area contributed by atoms with E-state index in [4.69, 9.17) is 4.74 Å². The summed E-state index contributed by atoms with van der Waals surface area (Å²) in [6.07, 6.45) is 3.15. The summed E-state index contributed by atoms with van der Waals surface area (Å²) >= 11 is 0. The molecule has 0 aliphatic carbocycles. The van der Waals surface area contributed by atoms with Gasteiger partial charge in [0, 0.05) is 37.6 Å². The summed E-state index contributed by atoms with van der Waals surface area (Å²) in [5, 5.41) is 9.44. The quantitative estimate of drug-likeness (QED) is 0.812. The average molecular weight is 375 g/mol. The number of rotatable bonds is 4. The van der Waals surface area contributed by atoms with E-state index in [2.05, 4.69) is 4.90 Å². The van der Waals surface area contributed by atoms with Crippen LogP contribution < -0.4 is 0 Å². The van der Waals surface area contributed by atoms with Gasteiger partial charge >= 0.3 is 6.09 Å². The molecule has 6 nitrogen and oxygen atoms in total. The Kier molecular flexibility index (Phi) is 6.35. The standard InChI is InChI=1S/C18H31F2N3O3/c1-2-26-17(25)22-9-3-14(4-10-22)21-7-5-15(6-8-21)23-13-18(19,20)11-16(23)12-24/h14-16,24H,2-13H2,1H3/t16-/m1/s1. The van der Waals surface area contributed by atoms with Gasteiger partial charge in [0.05, 0.1) is 19.8 Å². The number of likely N-dealkylation sites (tertiary alicyclic amines) is 3. The van der Waals surface area contributed by atoms with Gasteiger partial charge in [-0.3, -0.25) is 4.90 Å². The zero-order chi connectivity index (χ0) is 18.7. The normalized spacial score (nSPS) is 29.2. The molecule has 0 aromatic carbocycles. The van der Waals surface area contributed by atoms with E-state index in [0.717, 1.165) is 38.8 Å². The minimum Gasteiger partial charge on any atom is -0.450 e. The maximum Gasteiger partial charge on any atom is 0.409 e. The highest BCUT2D eigenvalue weighted by Crippen LogP contribution is 2.36. The number of alkyl halides is 2. The summed E-state index contributed by atoms with van der Waals surface area (Å²) in [6.45, 7) is 5.03. The third-order valence-corrected chi connectivity index (χ3v) is 6.10. The van der Waals surface area contributed by atoms with Crippen LogP contribution in [0.1, 0.15) is 39.0 Å². The molecule has 3 fully saturated rings. The molecule has 8 heteroatoms. The number of nitrogens with zero attached hydrogens (tertiary/aromatic N) is 3. The lowest BCUT2D eigenvalue weighted by molar-refractivity contribution is -0.00104. The monoisotopic (exact) mass is 375 g/mol. The molecule has 3 rings (SSSR count). The van der Waals surface area contributed by atoms with E-state index in [0.29, 0.717) is 25.7 Å². The van der Waals surface area contributed by atoms with Gasteiger partial charge in [-0.25, -0.2) is 13.6 Å². The summed E-state index contributed by atoms with van der Waals surface area (Å²) in [4.78, 5) is 17.8. The van der Waals surface area contributed by atoms with E-state index in [1.54, 1.807) is 4.90 Å². The molecule has 1 atom stereocenters. The van der Waals surface area contributed by atoms with Crippen molar-refractivity contribution in [3.8, 4) is 0 Å². The molecule has 0 saturated carbocycles. The van der Waals surface area contributed by atoms with Crippen LogP contribution in [0.25, 0.3) is 0 Å². The van der Waals surface area contributed by atoms with Gasteiger partial charge in [-0.1, -0.05) is 0 Å². The molecule has 0 aromatic rings. The van der Waals surface area contributed by atoms with Crippen molar-refractivity contribution in [1.29, 1.82) is 0 Å². The zero-order valence-electron chi connectivity index (χ0n) is 15.6. The molecule has 0 aromatic heterocycles. The fourth-order valence-electron chi connectivity index (χ4n) is 4.73. The van der Waals surface area contributed by atoms with E-state index in [1.165, 1.54) is 0 Å². The van der Waals surface area contributed by atoms with E-state index in [1.807, 2.05) is 11.8 Å². The molecule has 3 aliphatic rings. The first-order chi connectivity index (χ1) is 12.4. The average Bonchev–Trinajstić information content (AvgIpc) is 2.97. The number of ether oxygens (including phenoxy) is 1. The molecule has 0 spiro atoms. The van der Waals surface area contributed by atoms with Crippen LogP contribution in [0.2, 0.25) is 0 Å². The van der Waals surface area contributed by atoms with Crippen molar-refractivity contribution < 1.29 is 23.4 Å². The Morgan fingerprint density at radius 1 is 1.12 bits per heavy atom. The number of hydrogen-bond donors (Lipinski definition) is 1. The molecule has 26 heavy (non-hydrogen) atoms. The van der Waals surface area contributed by atoms with E-state index >= 15 is 0 Å². The van der Waals surface area contributed by atoms with Crippen LogP contribution in [-0.4, -0.2) is 95.9 Å². The van der Waals surface area contributed by atoms with E-state index < -0.39 is 12.0 Å². The summed E-state index contributed by atoms with van der Waals surface area (Å²) in [6, 6.07) is 0.182. The summed E-state index contributed by atoms with van der Waals surface area (Å²) in [7, 11) is 0. The second kappa shape index (κ2) is 8.35. The van der Waals surface area contributed by atoms with Gasteiger partial charge < -0.3 is 19.6 Å². The van der Waals surface area contributed by atoms with Crippen molar-refractivity contribution in [1.82, 2.24) is 14.7 Å². The Hall–Kier alpha value is -0.990. The third-order valence-electron chi connectivity index (χ3n) is 6.10. The summed E-state index contributed by atoms with van der Waals surface area (Å²) in [5.41, 5.74) is 0. The Balaban J connectivity index is 1.45. The highest BCUT2D eigenvalue weighted by molar-refractivity contribution is 5.67. The summed E-state index contributed by atoms with van der Waals surface area (Å²) in [5.74, 6) is -2.68. The van der Waals surface area contributed by atoms with Crippen LogP contribution in [0.4, 0.5) is 13.6 Å². The van der Waals surface area contributed by atoms with Crippen molar-refractivity contribution in [2.75, 3.05) is 45.9 Å². The molecule has 0 unspecified atom stereocenters. The van der Waals surface area contributed by atoms with E-state index in [9.17, 15) is 18.7 Å². The first-order valence-electron chi connectivity index (χ1n) is 9.83. The Labute approximate surface area is 154 Å². The van der Waals surface area contributed by atoms with Crippen molar-refractivity contribution in [2.45, 2.75) is 63.1 Å². The number of hydrogen-bond acceptors (Lipinski definition) is 5. The Morgan fingerprint density at radius 2 is 1.73 bits per heavy atom. The number of aliphatic hydroxyl groups is 1. The molecular formula is C18H31F2N3O3. The zero-order valence-corrected chi connectivity index (χ0v) is 15.6. The lowest BCUT2D eigenvalue weighted by Gasteiger charge is -2.44. The minimum atomic E-state index is -2.68. The van der Waals surface area contributed by atoms with Gasteiger partial charge in [-0.2, -0.15) is 0 Å². The number of carbonyl (C=O) groups is 1. The molecule has 0 bridgehead atoms. The van der Waals surface area contributed by atoms with Gasteiger partial charge in [-0.05, 0) is 45.7 Å². The molecule has 3 aliphatic heterocycles. The topological polar surface area (TPSA) is 56.2 Å². The summed E-state index contributed by atoms with van der Waals surface area (Å²) < 4.78 is 32.5. The highest BCUT2D eigenvalue weighted by Gasteiger charge is 2.47. The number of halogens is 2. The Bertz CT molecular complexity index is 478. The molecule has 150 valence electrons. The van der Waals surface area contributed by atoms with Gasteiger partial charge in [0.2, 0.25) is 0 Å². The molecule has 0 radical (unpaired) electrons. The predicted octanol–water partition coefficient (Wildman–Crippen LogP) is 1.77. The maximum absolute atomic E-state index is 13.7. The number of aliphatic hydroxyl groups excluding tert-OH is 1. The fourth-order valence-corrected chi connectivity index (χ4v) is 4.73. The van der Waals surface area contributed by atoms with Gasteiger partial charge in [0.25, 0.3) is 5.92 Å². The fraction of sp³-hybridized carbons (Fsp3) is 0.944. The van der Waals surface area contributed by atoms with Gasteiger partial charge in [0.15, 0.2) is 0 Å². The highest BCUT2D eigenvalue weighted by atomic mass is 19.3. The van der Waals surface area contributed by atoms with Crippen LogP contribution in [0.15, 0.2) is 0 Å². The largest absolute Gasteiger partial charge is 0.450 e. The number of carbonyl (C=O) groups excluding carboxylic acids is 1. The van der Waals surface area contributed by atoms with Crippen molar-refractivity contribution >= 4 is 6.09 Å². The number of piperidine rings is 2. The van der Waals surface area contributed by atoms with Crippen LogP contribution >= 0.6 is 0 Å².